The number of hydrogen-bond donors (Lipinski definition) is 1. The lowest BCUT2D eigenvalue weighted by Crippen LogP contribution is -2.11. The lowest BCUT2D eigenvalue weighted by Gasteiger charge is -2.07. The van der Waals surface area contributed by atoms with E-state index in [1.165, 1.54) is 12.1 Å². The van der Waals surface area contributed by atoms with Crippen molar-refractivity contribution >= 4 is 22.6 Å². The number of H-pyrrole nitrogens is 1. The molecule has 0 fully saturated rings. The second-order valence-corrected chi connectivity index (χ2v) is 9.25. The van der Waals surface area contributed by atoms with Crippen molar-refractivity contribution < 1.29 is 9.13 Å². The summed E-state index contributed by atoms with van der Waals surface area (Å²) in [5, 5.41) is 15.3. The lowest BCUT2D eigenvalue weighted by atomic mass is 10.1. The summed E-state index contributed by atoms with van der Waals surface area (Å²) in [6.45, 7) is 0.304. The summed E-state index contributed by atoms with van der Waals surface area (Å²) in [6, 6.07) is 32.4. The second-order valence-electron chi connectivity index (χ2n) is 9.25. The number of aromatic nitrogens is 4. The molecule has 2 aromatic heterocycles. The Morgan fingerprint density at radius 1 is 0.951 bits per heavy atom. The molecular weight excluding hydrogens is 517 g/mol. The van der Waals surface area contributed by atoms with Gasteiger partial charge in [0.15, 0.2) is 5.82 Å². The highest BCUT2D eigenvalue weighted by atomic mass is 19.1. The van der Waals surface area contributed by atoms with Crippen LogP contribution in [0.3, 0.4) is 0 Å². The molecule has 41 heavy (non-hydrogen) atoms. The first kappa shape index (κ1) is 25.5. The van der Waals surface area contributed by atoms with Gasteiger partial charge in [0, 0.05) is 17.3 Å². The third-order valence-corrected chi connectivity index (χ3v) is 6.50. The zero-order chi connectivity index (χ0) is 28.2. The van der Waals surface area contributed by atoms with Crippen LogP contribution in [-0.4, -0.2) is 19.7 Å². The summed E-state index contributed by atoms with van der Waals surface area (Å²) in [5.74, 6) is 0.535. The van der Waals surface area contributed by atoms with Gasteiger partial charge in [0.2, 0.25) is 0 Å². The molecule has 0 aliphatic heterocycles. The Morgan fingerprint density at radius 2 is 1.68 bits per heavy atom. The SMILES string of the molecule is N#C/C(=C\c1cn(-c2ccccc2)nc1-c1ccc(OCc2ccc(F)cc2)cc1)c1nc2ccccc2c(=O)[nH]1. The summed E-state index contributed by atoms with van der Waals surface area (Å²) in [5.41, 5.74) is 4.19. The number of rotatable bonds is 7. The maximum absolute atomic E-state index is 13.2. The number of benzene rings is 4. The van der Waals surface area contributed by atoms with Crippen LogP contribution >= 0.6 is 0 Å². The highest BCUT2D eigenvalue weighted by molar-refractivity contribution is 5.91. The minimum Gasteiger partial charge on any atom is -0.489 e. The van der Waals surface area contributed by atoms with Gasteiger partial charge in [0.25, 0.3) is 5.56 Å². The van der Waals surface area contributed by atoms with Crippen LogP contribution < -0.4 is 10.3 Å². The number of aromatic amines is 1. The average Bonchev–Trinajstić information content (AvgIpc) is 3.44. The van der Waals surface area contributed by atoms with Gasteiger partial charge in [-0.15, -0.1) is 0 Å². The van der Waals surface area contributed by atoms with Crippen LogP contribution in [0.5, 0.6) is 5.75 Å². The van der Waals surface area contributed by atoms with Crippen LogP contribution in [0.2, 0.25) is 0 Å². The topological polar surface area (TPSA) is 96.6 Å². The van der Waals surface area contributed by atoms with Crippen molar-refractivity contribution in [2.24, 2.45) is 0 Å². The molecule has 0 radical (unpaired) electrons. The molecule has 7 nitrogen and oxygen atoms in total. The highest BCUT2D eigenvalue weighted by Crippen LogP contribution is 2.29. The number of ether oxygens (including phenoxy) is 1. The highest BCUT2D eigenvalue weighted by Gasteiger charge is 2.15. The molecule has 8 heteroatoms. The summed E-state index contributed by atoms with van der Waals surface area (Å²) in [6.07, 6.45) is 3.51. The average molecular weight is 540 g/mol. The molecular formula is C33H22FN5O2. The second kappa shape index (κ2) is 11.1. The van der Waals surface area contributed by atoms with Gasteiger partial charge in [-0.25, -0.2) is 14.1 Å². The van der Waals surface area contributed by atoms with Crippen molar-refractivity contribution in [3.8, 4) is 28.8 Å². The van der Waals surface area contributed by atoms with Gasteiger partial charge in [-0.1, -0.05) is 42.5 Å². The van der Waals surface area contributed by atoms with Crippen molar-refractivity contribution in [3.05, 3.63) is 142 Å². The van der Waals surface area contributed by atoms with Crippen LogP contribution in [0.4, 0.5) is 4.39 Å². The van der Waals surface area contributed by atoms with E-state index in [9.17, 15) is 14.4 Å². The number of fused-ring (bicyclic) bond motifs is 1. The molecule has 0 bridgehead atoms. The Morgan fingerprint density at radius 3 is 2.44 bits per heavy atom. The van der Waals surface area contributed by atoms with Crippen LogP contribution in [0.1, 0.15) is 17.0 Å². The molecule has 0 aliphatic rings. The smallest absolute Gasteiger partial charge is 0.259 e. The molecule has 6 rings (SSSR count). The van der Waals surface area contributed by atoms with Crippen molar-refractivity contribution in [1.82, 2.24) is 19.7 Å². The summed E-state index contributed by atoms with van der Waals surface area (Å²) in [4.78, 5) is 19.9. The van der Waals surface area contributed by atoms with Crippen LogP contribution in [-0.2, 0) is 6.61 Å². The van der Waals surface area contributed by atoms with E-state index in [-0.39, 0.29) is 22.8 Å². The van der Waals surface area contributed by atoms with Crippen molar-refractivity contribution in [2.75, 3.05) is 0 Å². The Bertz CT molecular complexity index is 1970. The molecule has 2 heterocycles. The van der Waals surface area contributed by atoms with Gasteiger partial charge in [-0.05, 0) is 72.3 Å². The molecule has 0 atom stereocenters. The molecule has 0 saturated carbocycles. The molecule has 0 amide bonds. The third kappa shape index (κ3) is 5.51. The molecule has 198 valence electrons. The standard InChI is InChI=1S/C33H22FN5O2/c34-26-14-10-22(11-15-26)21-41-28-16-12-23(13-17-28)31-25(20-39(38-31)27-6-2-1-3-7-27)18-24(19-35)32-36-30-9-5-4-8-29(30)33(40)37-32/h1-18,20H,21H2,(H,36,37,40)/b24-18+. The Balaban J connectivity index is 1.37. The fraction of sp³-hybridized carbons (Fsp3) is 0.0303. The van der Waals surface area contributed by atoms with Gasteiger partial charge < -0.3 is 9.72 Å². The Labute approximate surface area is 234 Å². The zero-order valence-corrected chi connectivity index (χ0v) is 21.7. The Hall–Kier alpha value is -5.81. The predicted octanol–water partition coefficient (Wildman–Crippen LogP) is 6.56. The maximum atomic E-state index is 13.2. The lowest BCUT2D eigenvalue weighted by molar-refractivity contribution is 0.306. The monoisotopic (exact) mass is 539 g/mol. The molecule has 4 aromatic carbocycles. The third-order valence-electron chi connectivity index (χ3n) is 6.50. The predicted molar refractivity (Wildman–Crippen MR) is 156 cm³/mol. The summed E-state index contributed by atoms with van der Waals surface area (Å²) in [7, 11) is 0. The van der Waals surface area contributed by atoms with E-state index >= 15 is 0 Å². The van der Waals surface area contributed by atoms with E-state index in [4.69, 9.17) is 9.84 Å². The number of nitriles is 1. The molecule has 0 saturated heterocycles. The molecule has 0 unspecified atom stereocenters. The minimum atomic E-state index is -0.316. The minimum absolute atomic E-state index is 0.180. The van der Waals surface area contributed by atoms with Gasteiger partial charge in [-0.3, -0.25) is 4.79 Å². The van der Waals surface area contributed by atoms with E-state index < -0.39 is 0 Å². The normalized spacial score (nSPS) is 11.4. The van der Waals surface area contributed by atoms with Crippen molar-refractivity contribution in [1.29, 1.82) is 5.26 Å². The molecule has 0 spiro atoms. The van der Waals surface area contributed by atoms with Gasteiger partial charge >= 0.3 is 0 Å². The molecule has 0 aliphatic carbocycles. The number of para-hydroxylation sites is 2. The van der Waals surface area contributed by atoms with Crippen LogP contribution in [0.15, 0.2) is 114 Å². The summed E-state index contributed by atoms with van der Waals surface area (Å²) >= 11 is 0. The van der Waals surface area contributed by atoms with Crippen molar-refractivity contribution in [3.63, 3.8) is 0 Å². The number of allylic oxidation sites excluding steroid dienone is 1. The van der Waals surface area contributed by atoms with E-state index in [0.29, 0.717) is 34.5 Å². The van der Waals surface area contributed by atoms with Crippen LogP contribution in [0.25, 0.3) is 39.5 Å². The van der Waals surface area contributed by atoms with E-state index in [0.717, 1.165) is 16.8 Å². The number of halogens is 1. The number of hydrogen-bond acceptors (Lipinski definition) is 5. The maximum Gasteiger partial charge on any atom is 0.259 e. The van der Waals surface area contributed by atoms with E-state index in [1.54, 1.807) is 47.2 Å². The first-order chi connectivity index (χ1) is 20.1. The number of nitrogens with zero attached hydrogens (tertiary/aromatic N) is 4. The zero-order valence-electron chi connectivity index (χ0n) is 21.7. The first-order valence-electron chi connectivity index (χ1n) is 12.8. The quantitative estimate of drug-likeness (QED) is 0.232. The van der Waals surface area contributed by atoms with E-state index in [1.807, 2.05) is 60.8 Å². The molecule has 1 N–H and O–H groups in total. The van der Waals surface area contributed by atoms with Gasteiger partial charge in [0.05, 0.1) is 27.9 Å². The van der Waals surface area contributed by atoms with Crippen molar-refractivity contribution in [2.45, 2.75) is 6.61 Å². The van der Waals surface area contributed by atoms with Gasteiger partial charge in [0.1, 0.15) is 24.2 Å². The fourth-order valence-corrected chi connectivity index (χ4v) is 4.41. The van der Waals surface area contributed by atoms with Gasteiger partial charge in [-0.2, -0.15) is 10.4 Å². The molecule has 6 aromatic rings. The Kier molecular flexibility index (Phi) is 6.91. The summed E-state index contributed by atoms with van der Waals surface area (Å²) < 4.78 is 20.8. The fourth-order valence-electron chi connectivity index (χ4n) is 4.41. The largest absolute Gasteiger partial charge is 0.489 e. The van der Waals surface area contributed by atoms with E-state index in [2.05, 4.69) is 16.0 Å². The first-order valence-corrected chi connectivity index (χ1v) is 12.8. The van der Waals surface area contributed by atoms with Crippen LogP contribution in [0, 0.1) is 17.1 Å². The number of nitrogens with one attached hydrogen (secondary N) is 1.